The van der Waals surface area contributed by atoms with Gasteiger partial charge in [0, 0.05) is 18.7 Å². The number of fused-ring (bicyclic) bond motifs is 1. The molecule has 0 radical (unpaired) electrons. The van der Waals surface area contributed by atoms with Crippen LogP contribution in [0.3, 0.4) is 0 Å². The highest BCUT2D eigenvalue weighted by molar-refractivity contribution is 5.68. The molecule has 0 N–H and O–H groups in total. The zero-order valence-corrected chi connectivity index (χ0v) is 13.1. The van der Waals surface area contributed by atoms with Gasteiger partial charge in [0.2, 0.25) is 12.5 Å². The van der Waals surface area contributed by atoms with Crippen molar-refractivity contribution >= 4 is 0 Å². The molecule has 0 amide bonds. The van der Waals surface area contributed by atoms with Crippen LogP contribution in [-0.2, 0) is 13.1 Å². The van der Waals surface area contributed by atoms with E-state index in [0.717, 1.165) is 30.8 Å². The number of hydrogen-bond acceptors (Lipinski definition) is 7. The molecule has 24 heavy (non-hydrogen) atoms. The van der Waals surface area contributed by atoms with Crippen LogP contribution < -0.4 is 14.2 Å². The molecular weight excluding hydrogens is 312 g/mol. The predicted octanol–water partition coefficient (Wildman–Crippen LogP) is 1.36. The fourth-order valence-electron chi connectivity index (χ4n) is 2.56. The van der Waals surface area contributed by atoms with Gasteiger partial charge < -0.3 is 14.2 Å². The minimum Gasteiger partial charge on any atom is -0.493 e. The van der Waals surface area contributed by atoms with Gasteiger partial charge in [0.1, 0.15) is 18.3 Å². The second-order valence-electron chi connectivity index (χ2n) is 5.29. The molecule has 0 saturated carbocycles. The van der Waals surface area contributed by atoms with Crippen molar-refractivity contribution in [1.29, 1.82) is 0 Å². The van der Waals surface area contributed by atoms with Gasteiger partial charge in [0.25, 0.3) is 0 Å². The summed E-state index contributed by atoms with van der Waals surface area (Å²) in [7, 11) is 1.60. The first-order valence-corrected chi connectivity index (χ1v) is 7.54. The second kappa shape index (κ2) is 6.19. The molecule has 9 nitrogen and oxygen atoms in total. The molecule has 0 saturated heterocycles. The van der Waals surface area contributed by atoms with Crippen molar-refractivity contribution in [2.75, 3.05) is 13.9 Å². The smallest absolute Gasteiger partial charge is 0.231 e. The normalized spacial score (nSPS) is 12.5. The summed E-state index contributed by atoms with van der Waals surface area (Å²) in [4.78, 5) is 3.92. The lowest BCUT2D eigenvalue weighted by atomic mass is 10.1. The maximum absolute atomic E-state index is 5.44. The van der Waals surface area contributed by atoms with Crippen LogP contribution in [0.15, 0.2) is 31.0 Å². The minimum absolute atomic E-state index is 0.199. The Labute approximate surface area is 137 Å². The van der Waals surface area contributed by atoms with E-state index < -0.39 is 0 Å². The summed E-state index contributed by atoms with van der Waals surface area (Å²) in [6.07, 6.45) is 6.02. The van der Waals surface area contributed by atoms with E-state index in [1.807, 2.05) is 23.0 Å². The first kappa shape index (κ1) is 14.5. The Kier molecular flexibility index (Phi) is 3.73. The van der Waals surface area contributed by atoms with Gasteiger partial charge in [0.15, 0.2) is 11.5 Å². The molecule has 0 unspecified atom stereocenters. The second-order valence-corrected chi connectivity index (χ2v) is 5.29. The van der Waals surface area contributed by atoms with Crippen LogP contribution in [0, 0.1) is 0 Å². The van der Waals surface area contributed by atoms with E-state index in [1.54, 1.807) is 18.1 Å². The maximum Gasteiger partial charge on any atom is 0.231 e. The molecule has 0 fully saturated rings. The molecule has 0 aliphatic carbocycles. The summed E-state index contributed by atoms with van der Waals surface area (Å²) < 4.78 is 19.8. The summed E-state index contributed by atoms with van der Waals surface area (Å²) in [6, 6.07) is 3.76. The topological polar surface area (TPSA) is 89.1 Å². The van der Waals surface area contributed by atoms with E-state index in [1.165, 1.54) is 6.33 Å². The number of rotatable bonds is 6. The maximum atomic E-state index is 5.44. The van der Waals surface area contributed by atoms with Crippen molar-refractivity contribution in [1.82, 2.24) is 29.8 Å². The molecular formula is C15H16N6O3. The van der Waals surface area contributed by atoms with Crippen LogP contribution in [0.4, 0.5) is 0 Å². The van der Waals surface area contributed by atoms with Crippen LogP contribution in [0.5, 0.6) is 17.2 Å². The summed E-state index contributed by atoms with van der Waals surface area (Å²) in [5, 5.41) is 12.5. The molecule has 3 heterocycles. The van der Waals surface area contributed by atoms with Gasteiger partial charge in [-0.25, -0.2) is 4.98 Å². The average molecular weight is 328 g/mol. The molecule has 3 aromatic rings. The Morgan fingerprint density at radius 3 is 2.96 bits per heavy atom. The molecule has 1 aliphatic rings. The lowest BCUT2D eigenvalue weighted by Gasteiger charge is -2.06. The van der Waals surface area contributed by atoms with Crippen molar-refractivity contribution in [3.63, 3.8) is 0 Å². The highest BCUT2D eigenvalue weighted by Gasteiger charge is 2.21. The van der Waals surface area contributed by atoms with E-state index in [4.69, 9.17) is 14.2 Å². The molecule has 2 aromatic heterocycles. The number of benzene rings is 1. The quantitative estimate of drug-likeness (QED) is 0.675. The lowest BCUT2D eigenvalue weighted by molar-refractivity contribution is 0.171. The standard InChI is InChI=1S/C15H16N6O3/c1-22-13-5-11(6-14-15(13)24-10-23-14)12-7-20(19-18-12)3-2-4-21-9-16-8-17-21/h5-9H,2-4,10H2,1H3. The van der Waals surface area contributed by atoms with Crippen molar-refractivity contribution in [2.45, 2.75) is 19.5 Å². The van der Waals surface area contributed by atoms with E-state index in [-0.39, 0.29) is 6.79 Å². The van der Waals surface area contributed by atoms with Crippen molar-refractivity contribution in [3.8, 4) is 28.5 Å². The Morgan fingerprint density at radius 2 is 2.12 bits per heavy atom. The fraction of sp³-hybridized carbons (Fsp3) is 0.333. The third kappa shape index (κ3) is 2.75. The van der Waals surface area contributed by atoms with Crippen molar-refractivity contribution in [3.05, 3.63) is 31.0 Å². The van der Waals surface area contributed by atoms with E-state index >= 15 is 0 Å². The monoisotopic (exact) mass is 328 g/mol. The number of ether oxygens (including phenoxy) is 3. The summed E-state index contributed by atoms with van der Waals surface area (Å²) in [5.41, 5.74) is 1.63. The van der Waals surface area contributed by atoms with Gasteiger partial charge in [-0.2, -0.15) is 5.10 Å². The number of aryl methyl sites for hydroxylation is 2. The molecule has 4 rings (SSSR count). The number of nitrogens with zero attached hydrogens (tertiary/aromatic N) is 6. The fourth-order valence-corrected chi connectivity index (χ4v) is 2.56. The third-order valence-electron chi connectivity index (χ3n) is 3.73. The Balaban J connectivity index is 1.48. The Hall–Kier alpha value is -3.10. The van der Waals surface area contributed by atoms with Gasteiger partial charge in [-0.15, -0.1) is 5.10 Å². The number of aromatic nitrogens is 6. The van der Waals surface area contributed by atoms with Crippen LogP contribution >= 0.6 is 0 Å². The van der Waals surface area contributed by atoms with Crippen molar-refractivity contribution < 1.29 is 14.2 Å². The average Bonchev–Trinajstić information content (AvgIpc) is 3.35. The minimum atomic E-state index is 0.199. The van der Waals surface area contributed by atoms with E-state index in [2.05, 4.69) is 20.4 Å². The predicted molar refractivity (Wildman–Crippen MR) is 82.8 cm³/mol. The highest BCUT2D eigenvalue weighted by atomic mass is 16.7. The van der Waals surface area contributed by atoms with Gasteiger partial charge in [-0.1, -0.05) is 5.21 Å². The summed E-state index contributed by atoms with van der Waals surface area (Å²) >= 11 is 0. The Bertz CT molecular complexity index is 830. The van der Waals surface area contributed by atoms with Gasteiger partial charge in [-0.05, 0) is 18.6 Å². The van der Waals surface area contributed by atoms with Crippen LogP contribution in [0.2, 0.25) is 0 Å². The molecule has 9 heteroatoms. The van der Waals surface area contributed by atoms with Gasteiger partial charge in [-0.3, -0.25) is 9.36 Å². The first-order chi connectivity index (χ1) is 11.8. The first-order valence-electron chi connectivity index (χ1n) is 7.54. The molecule has 1 aromatic carbocycles. The molecule has 0 atom stereocenters. The zero-order chi connectivity index (χ0) is 16.4. The third-order valence-corrected chi connectivity index (χ3v) is 3.73. The summed E-state index contributed by atoms with van der Waals surface area (Å²) in [5.74, 6) is 1.91. The molecule has 0 bridgehead atoms. The van der Waals surface area contributed by atoms with Crippen LogP contribution in [0.1, 0.15) is 6.42 Å². The summed E-state index contributed by atoms with van der Waals surface area (Å²) in [6.45, 7) is 1.73. The highest BCUT2D eigenvalue weighted by Crippen LogP contribution is 2.43. The van der Waals surface area contributed by atoms with Crippen molar-refractivity contribution in [2.24, 2.45) is 0 Å². The largest absolute Gasteiger partial charge is 0.493 e. The molecule has 124 valence electrons. The van der Waals surface area contributed by atoms with E-state index in [9.17, 15) is 0 Å². The Morgan fingerprint density at radius 1 is 1.21 bits per heavy atom. The number of methoxy groups -OCH3 is 1. The zero-order valence-electron chi connectivity index (χ0n) is 13.1. The molecule has 1 aliphatic heterocycles. The van der Waals surface area contributed by atoms with E-state index in [0.29, 0.717) is 17.2 Å². The van der Waals surface area contributed by atoms with Crippen LogP contribution in [0.25, 0.3) is 11.3 Å². The van der Waals surface area contributed by atoms with Gasteiger partial charge >= 0.3 is 0 Å². The SMILES string of the molecule is COc1cc(-c2cn(CCCn3cncn3)nn2)cc2c1OCO2. The lowest BCUT2D eigenvalue weighted by Crippen LogP contribution is -2.05. The van der Waals surface area contributed by atoms with Gasteiger partial charge in [0.05, 0.1) is 13.3 Å². The van der Waals surface area contributed by atoms with Crippen LogP contribution in [-0.4, -0.2) is 43.7 Å². The number of hydrogen-bond donors (Lipinski definition) is 0. The molecule has 0 spiro atoms.